The van der Waals surface area contributed by atoms with Gasteiger partial charge in [-0.2, -0.15) is 18.4 Å². The highest BCUT2D eigenvalue weighted by Crippen LogP contribution is 2.20. The van der Waals surface area contributed by atoms with E-state index in [0.717, 1.165) is 34.1 Å². The lowest BCUT2D eigenvalue weighted by Crippen LogP contribution is -2.37. The second-order valence-corrected chi connectivity index (χ2v) is 10.1. The molecular formula is C23H25F3N6O3S2. The van der Waals surface area contributed by atoms with Crippen LogP contribution in [0, 0.1) is 11.3 Å². The summed E-state index contributed by atoms with van der Waals surface area (Å²) < 4.78 is 38.7. The minimum atomic E-state index is -4.64. The number of nitrogens with one attached hydrogen (secondary N) is 2. The molecule has 9 nitrogen and oxygen atoms in total. The second kappa shape index (κ2) is 12.3. The Morgan fingerprint density at radius 3 is 2.70 bits per heavy atom. The number of anilines is 2. The van der Waals surface area contributed by atoms with Crippen molar-refractivity contribution in [2.24, 2.45) is 0 Å². The predicted molar refractivity (Wildman–Crippen MR) is 138 cm³/mol. The Labute approximate surface area is 218 Å². The number of rotatable bonds is 8. The number of benzene rings is 1. The number of nitriles is 1. The third kappa shape index (κ3) is 7.37. The van der Waals surface area contributed by atoms with Gasteiger partial charge in [0, 0.05) is 49.3 Å². The molecule has 1 saturated heterocycles. The van der Waals surface area contributed by atoms with Gasteiger partial charge in [-0.1, -0.05) is 6.07 Å². The highest BCUT2D eigenvalue weighted by molar-refractivity contribution is 7.99. The number of carbonyl (C=O) groups excluding carboxylic acids is 2. The molecule has 1 aromatic heterocycles. The minimum Gasteiger partial charge on any atom is -0.360 e. The van der Waals surface area contributed by atoms with Gasteiger partial charge in [0.15, 0.2) is 5.57 Å². The number of likely N-dealkylation sites (N-methyl/N-ethyl adjacent to an activating group) is 1. The number of nitrogens with zero attached hydrogens (tertiary/aromatic N) is 4. The number of hydrogen-bond donors (Lipinski definition) is 2. The number of aromatic nitrogens is 1. The van der Waals surface area contributed by atoms with Crippen molar-refractivity contribution in [1.82, 2.24) is 14.8 Å². The molecule has 0 aliphatic carbocycles. The fourth-order valence-electron chi connectivity index (χ4n) is 3.43. The van der Waals surface area contributed by atoms with Crippen LogP contribution < -0.4 is 30.3 Å². The average molecular weight is 555 g/mol. The molecule has 0 atom stereocenters. The van der Waals surface area contributed by atoms with E-state index in [-0.39, 0.29) is 21.6 Å². The molecular weight excluding hydrogens is 529 g/mol. The van der Waals surface area contributed by atoms with E-state index >= 15 is 0 Å². The van der Waals surface area contributed by atoms with E-state index in [4.69, 9.17) is 0 Å². The Morgan fingerprint density at radius 1 is 1.32 bits per heavy atom. The van der Waals surface area contributed by atoms with Gasteiger partial charge in [-0.15, -0.1) is 23.1 Å². The number of thioether (sulfide) groups is 1. The summed E-state index contributed by atoms with van der Waals surface area (Å²) in [5, 5.41) is 14.1. The molecule has 2 amide bonds. The molecule has 1 aliphatic heterocycles. The van der Waals surface area contributed by atoms with Gasteiger partial charge in [0.05, 0.1) is 6.54 Å². The third-order valence-corrected chi connectivity index (χ3v) is 7.54. The molecule has 0 bridgehead atoms. The molecule has 0 spiro atoms. The highest BCUT2D eigenvalue weighted by Gasteiger charge is 2.29. The standard InChI is InChI=1S/C23H25F3N6O3S2/c1-3-32-21(35)18(37-22(32)17(10-27)20(34)29-13-23(24,25)26)11-28-15-5-4-6-16(9-15)30(2)19(33)12-31-7-8-36-14-31/h4-6,9,11,28H,3,7-8,12-14H2,1-2H3,(H,29,34). The van der Waals surface area contributed by atoms with Crippen LogP contribution in [0.1, 0.15) is 6.92 Å². The van der Waals surface area contributed by atoms with Gasteiger partial charge >= 0.3 is 6.18 Å². The lowest BCUT2D eigenvalue weighted by atomic mass is 10.2. The van der Waals surface area contributed by atoms with Crippen LogP contribution in [0.2, 0.25) is 0 Å². The van der Waals surface area contributed by atoms with Crippen LogP contribution in [0.3, 0.4) is 0 Å². The van der Waals surface area contributed by atoms with Crippen LogP contribution in [-0.2, 0) is 16.1 Å². The van der Waals surface area contributed by atoms with Crippen molar-refractivity contribution in [3.05, 3.63) is 43.8 Å². The monoisotopic (exact) mass is 554 g/mol. The van der Waals surface area contributed by atoms with Gasteiger partial charge in [0.1, 0.15) is 21.8 Å². The van der Waals surface area contributed by atoms with Gasteiger partial charge < -0.3 is 15.5 Å². The number of alkyl halides is 3. The molecule has 1 aromatic carbocycles. The first-order valence-corrected chi connectivity index (χ1v) is 13.1. The van der Waals surface area contributed by atoms with E-state index in [9.17, 15) is 32.8 Å². The van der Waals surface area contributed by atoms with Crippen LogP contribution in [0.4, 0.5) is 24.5 Å². The van der Waals surface area contributed by atoms with Crippen LogP contribution >= 0.6 is 23.1 Å². The zero-order valence-corrected chi connectivity index (χ0v) is 21.7. The first kappa shape index (κ1) is 28.3. The Balaban J connectivity index is 1.86. The zero-order chi connectivity index (χ0) is 27.2. The van der Waals surface area contributed by atoms with E-state index < -0.39 is 29.8 Å². The summed E-state index contributed by atoms with van der Waals surface area (Å²) in [6.07, 6.45) is -3.24. The SMILES string of the molecule is CCn1c(=C(C#N)C(=O)NCC(F)(F)F)sc(=CNc2cccc(N(C)C(=O)CN3CCSC3)c2)c1=O. The maximum Gasteiger partial charge on any atom is 0.405 e. The van der Waals surface area contributed by atoms with Crippen molar-refractivity contribution in [2.75, 3.05) is 48.5 Å². The van der Waals surface area contributed by atoms with Crippen LogP contribution in [0.5, 0.6) is 0 Å². The third-order valence-electron chi connectivity index (χ3n) is 5.39. The average Bonchev–Trinajstić information content (AvgIpc) is 3.48. The number of hydrogen-bond acceptors (Lipinski definition) is 8. The number of carbonyl (C=O) groups is 2. The number of halogens is 3. The maximum absolute atomic E-state index is 12.8. The van der Waals surface area contributed by atoms with Gasteiger partial charge in [-0.25, -0.2) is 0 Å². The number of thiazole rings is 1. The Morgan fingerprint density at radius 2 is 2.08 bits per heavy atom. The lowest BCUT2D eigenvalue weighted by Gasteiger charge is -2.21. The fraction of sp³-hybridized carbons (Fsp3) is 0.391. The Kier molecular flexibility index (Phi) is 9.41. The van der Waals surface area contributed by atoms with Gasteiger partial charge in [0.25, 0.3) is 11.5 Å². The molecule has 0 unspecified atom stereocenters. The fourth-order valence-corrected chi connectivity index (χ4v) is 5.51. The van der Waals surface area contributed by atoms with Crippen molar-refractivity contribution in [3.63, 3.8) is 0 Å². The largest absolute Gasteiger partial charge is 0.405 e. The van der Waals surface area contributed by atoms with Gasteiger partial charge in [-0.3, -0.25) is 23.9 Å². The van der Waals surface area contributed by atoms with Crippen molar-refractivity contribution in [3.8, 4) is 6.07 Å². The van der Waals surface area contributed by atoms with Gasteiger partial charge in [-0.05, 0) is 25.1 Å². The Hall–Kier alpha value is -3.28. The molecule has 2 aromatic rings. The first-order valence-electron chi connectivity index (χ1n) is 11.2. The smallest absolute Gasteiger partial charge is 0.360 e. The normalized spacial score (nSPS) is 15.3. The quantitative estimate of drug-likeness (QED) is 0.503. The van der Waals surface area contributed by atoms with E-state index in [2.05, 4.69) is 10.2 Å². The molecule has 1 aliphatic rings. The summed E-state index contributed by atoms with van der Waals surface area (Å²) in [5.74, 6) is 0.558. The van der Waals surface area contributed by atoms with E-state index in [0.29, 0.717) is 17.9 Å². The molecule has 0 radical (unpaired) electrons. The lowest BCUT2D eigenvalue weighted by molar-refractivity contribution is -0.135. The predicted octanol–water partition coefficient (Wildman–Crippen LogP) is 1.10. The zero-order valence-electron chi connectivity index (χ0n) is 20.1. The van der Waals surface area contributed by atoms with E-state index in [1.165, 1.54) is 6.20 Å². The summed E-state index contributed by atoms with van der Waals surface area (Å²) in [5.41, 5.74) is 0.151. The van der Waals surface area contributed by atoms with Crippen molar-refractivity contribution >= 4 is 58.1 Å². The Bertz CT molecular complexity index is 1370. The van der Waals surface area contributed by atoms with Crippen LogP contribution in [0.25, 0.3) is 11.8 Å². The van der Waals surface area contributed by atoms with Crippen LogP contribution in [0.15, 0.2) is 29.1 Å². The summed E-state index contributed by atoms with van der Waals surface area (Å²) in [7, 11) is 1.68. The second-order valence-electron chi connectivity index (χ2n) is 7.99. The number of amides is 2. The molecule has 1 fully saturated rings. The van der Waals surface area contributed by atoms with Crippen LogP contribution in [-0.4, -0.2) is 65.8 Å². The first-order chi connectivity index (χ1) is 17.5. The molecule has 3 rings (SSSR count). The molecule has 14 heteroatoms. The topological polar surface area (TPSA) is 110 Å². The van der Waals surface area contributed by atoms with E-state index in [1.807, 2.05) is 0 Å². The van der Waals surface area contributed by atoms with Crippen molar-refractivity contribution in [2.45, 2.75) is 19.6 Å². The highest BCUT2D eigenvalue weighted by atomic mass is 32.2. The van der Waals surface area contributed by atoms with Crippen molar-refractivity contribution in [1.29, 1.82) is 5.26 Å². The molecule has 198 valence electrons. The summed E-state index contributed by atoms with van der Waals surface area (Å²) in [6.45, 7) is 1.32. The maximum atomic E-state index is 12.8. The van der Waals surface area contributed by atoms with Crippen molar-refractivity contribution < 1.29 is 22.8 Å². The molecule has 37 heavy (non-hydrogen) atoms. The molecule has 0 saturated carbocycles. The molecule has 2 N–H and O–H groups in total. The summed E-state index contributed by atoms with van der Waals surface area (Å²) >= 11 is 2.60. The van der Waals surface area contributed by atoms with E-state index in [1.54, 1.807) is 66.3 Å². The summed E-state index contributed by atoms with van der Waals surface area (Å²) in [6, 6.07) is 8.61. The minimum absolute atomic E-state index is 0.0399. The van der Waals surface area contributed by atoms with Gasteiger partial charge in [0.2, 0.25) is 5.91 Å². The molecule has 2 heterocycles. The summed E-state index contributed by atoms with van der Waals surface area (Å²) in [4.78, 5) is 41.3.